The molecule has 0 bridgehead atoms. The number of aliphatic carboxylic acids is 1. The lowest BCUT2D eigenvalue weighted by Gasteiger charge is -2.18. The van der Waals surface area contributed by atoms with Gasteiger partial charge >= 0.3 is 12.1 Å². The molecule has 0 heterocycles. The highest BCUT2D eigenvalue weighted by Gasteiger charge is 2.23. The average molecular weight is 309 g/mol. The van der Waals surface area contributed by atoms with Crippen LogP contribution in [-0.4, -0.2) is 23.3 Å². The smallest absolute Gasteiger partial charge is 0.431 e. The molecule has 6 heteroatoms. The minimum atomic E-state index is -1.10. The number of hydrogen-bond acceptors (Lipinski definition) is 4. The summed E-state index contributed by atoms with van der Waals surface area (Å²) in [5.74, 6) is -0.863. The lowest BCUT2D eigenvalue weighted by molar-refractivity contribution is -0.156. The van der Waals surface area contributed by atoms with E-state index in [0.717, 1.165) is 18.4 Å². The van der Waals surface area contributed by atoms with E-state index in [1.165, 1.54) is 0 Å². The molecule has 2 N–H and O–H groups in total. The summed E-state index contributed by atoms with van der Waals surface area (Å²) in [6.07, 6.45) is 0.194. The van der Waals surface area contributed by atoms with Crippen LogP contribution >= 0.6 is 0 Å². The SMILES string of the molecule is CCC(CC)C[C@@H](ONC(=O)OCc1ccccc1)C(=O)O. The lowest BCUT2D eigenvalue weighted by Crippen LogP contribution is -2.35. The zero-order valence-electron chi connectivity index (χ0n) is 13.0. The Morgan fingerprint density at radius 2 is 1.82 bits per heavy atom. The molecule has 22 heavy (non-hydrogen) atoms. The third-order valence-electron chi connectivity index (χ3n) is 3.47. The lowest BCUT2D eigenvalue weighted by atomic mass is 9.96. The number of rotatable bonds is 9. The van der Waals surface area contributed by atoms with Crippen LogP contribution < -0.4 is 5.48 Å². The van der Waals surface area contributed by atoms with E-state index >= 15 is 0 Å². The minimum absolute atomic E-state index is 0.0975. The summed E-state index contributed by atoms with van der Waals surface area (Å²) in [6.45, 7) is 4.09. The van der Waals surface area contributed by atoms with Gasteiger partial charge < -0.3 is 9.84 Å². The first-order valence-corrected chi connectivity index (χ1v) is 7.41. The van der Waals surface area contributed by atoms with Crippen molar-refractivity contribution in [2.24, 2.45) is 5.92 Å². The topological polar surface area (TPSA) is 84.9 Å². The number of carbonyl (C=O) groups is 2. The summed E-state index contributed by atoms with van der Waals surface area (Å²) >= 11 is 0. The van der Waals surface area contributed by atoms with E-state index in [4.69, 9.17) is 14.7 Å². The predicted octanol–water partition coefficient (Wildman–Crippen LogP) is 3.12. The summed E-state index contributed by atoms with van der Waals surface area (Å²) in [7, 11) is 0. The van der Waals surface area contributed by atoms with Crippen LogP contribution in [0.5, 0.6) is 0 Å². The van der Waals surface area contributed by atoms with Crippen molar-refractivity contribution in [1.82, 2.24) is 5.48 Å². The molecule has 0 saturated carbocycles. The van der Waals surface area contributed by atoms with Gasteiger partial charge in [0.1, 0.15) is 6.61 Å². The average Bonchev–Trinajstić information content (AvgIpc) is 2.54. The molecule has 1 atom stereocenters. The maximum atomic E-state index is 11.5. The number of carboxylic acid groups (broad SMARTS) is 1. The van der Waals surface area contributed by atoms with Gasteiger partial charge in [-0.15, -0.1) is 0 Å². The van der Waals surface area contributed by atoms with E-state index < -0.39 is 18.2 Å². The van der Waals surface area contributed by atoms with Crippen molar-refractivity contribution in [2.45, 2.75) is 45.8 Å². The molecule has 0 fully saturated rings. The molecule has 1 aromatic rings. The minimum Gasteiger partial charge on any atom is -0.479 e. The van der Waals surface area contributed by atoms with Crippen LogP contribution in [0.25, 0.3) is 0 Å². The van der Waals surface area contributed by atoms with E-state index in [-0.39, 0.29) is 12.5 Å². The second kappa shape index (κ2) is 9.78. The molecule has 1 amide bonds. The Morgan fingerprint density at radius 3 is 2.36 bits per heavy atom. The van der Waals surface area contributed by atoms with Crippen LogP contribution in [0.4, 0.5) is 4.79 Å². The van der Waals surface area contributed by atoms with E-state index in [9.17, 15) is 9.59 Å². The van der Waals surface area contributed by atoms with Crippen molar-refractivity contribution >= 4 is 12.1 Å². The Labute approximate surface area is 130 Å². The largest absolute Gasteiger partial charge is 0.479 e. The predicted molar refractivity (Wildman–Crippen MR) is 81.0 cm³/mol. The molecular formula is C16H23NO5. The molecular weight excluding hydrogens is 286 g/mol. The fourth-order valence-corrected chi connectivity index (χ4v) is 2.00. The van der Waals surface area contributed by atoms with Crippen molar-refractivity contribution in [3.8, 4) is 0 Å². The molecule has 1 aromatic carbocycles. The van der Waals surface area contributed by atoms with E-state index in [2.05, 4.69) is 0 Å². The van der Waals surface area contributed by atoms with Crippen LogP contribution in [0.2, 0.25) is 0 Å². The summed E-state index contributed by atoms with van der Waals surface area (Å²) in [5, 5.41) is 9.12. The van der Waals surface area contributed by atoms with Gasteiger partial charge in [0, 0.05) is 0 Å². The maximum Gasteiger partial charge on any atom is 0.431 e. The molecule has 0 aromatic heterocycles. The number of hydrogen-bond donors (Lipinski definition) is 2. The summed E-state index contributed by atoms with van der Waals surface area (Å²) in [5.41, 5.74) is 2.88. The summed E-state index contributed by atoms with van der Waals surface area (Å²) < 4.78 is 4.95. The Hall–Kier alpha value is -2.08. The van der Waals surface area contributed by atoms with Crippen molar-refractivity contribution in [3.05, 3.63) is 35.9 Å². The first kappa shape index (κ1) is 18.0. The van der Waals surface area contributed by atoms with Gasteiger partial charge in [-0.2, -0.15) is 5.48 Å². The van der Waals surface area contributed by atoms with Crippen molar-refractivity contribution in [2.75, 3.05) is 0 Å². The molecule has 6 nitrogen and oxygen atoms in total. The van der Waals surface area contributed by atoms with Crippen molar-refractivity contribution in [1.29, 1.82) is 0 Å². The van der Waals surface area contributed by atoms with Gasteiger partial charge in [-0.25, -0.2) is 9.59 Å². The summed E-state index contributed by atoms with van der Waals surface area (Å²) in [4.78, 5) is 27.6. The van der Waals surface area contributed by atoms with Crippen LogP contribution in [0, 0.1) is 5.92 Å². The molecule has 0 spiro atoms. The molecule has 0 radical (unpaired) electrons. The molecule has 122 valence electrons. The molecule has 0 aliphatic carbocycles. The number of carbonyl (C=O) groups excluding carboxylic acids is 1. The van der Waals surface area contributed by atoms with Crippen LogP contribution in [0.15, 0.2) is 30.3 Å². The van der Waals surface area contributed by atoms with Crippen LogP contribution in [0.3, 0.4) is 0 Å². The standard InChI is InChI=1S/C16H23NO5/c1-3-12(4-2)10-14(15(18)19)22-17-16(20)21-11-13-8-6-5-7-9-13/h5-9,12,14H,3-4,10-11H2,1-2H3,(H,17,20)(H,18,19)/t14-/m1/s1. The maximum absolute atomic E-state index is 11.5. The number of nitrogens with one attached hydrogen (secondary N) is 1. The second-order valence-corrected chi connectivity index (χ2v) is 5.03. The normalized spacial score (nSPS) is 12.0. The fourth-order valence-electron chi connectivity index (χ4n) is 2.00. The Morgan fingerprint density at radius 1 is 1.18 bits per heavy atom. The van der Waals surface area contributed by atoms with Gasteiger partial charge in [-0.1, -0.05) is 57.0 Å². The highest BCUT2D eigenvalue weighted by atomic mass is 16.7. The second-order valence-electron chi connectivity index (χ2n) is 5.03. The van der Waals surface area contributed by atoms with Gasteiger partial charge in [-0.05, 0) is 17.9 Å². The van der Waals surface area contributed by atoms with Crippen molar-refractivity contribution < 1.29 is 24.3 Å². The molecule has 0 saturated heterocycles. The van der Waals surface area contributed by atoms with Crippen molar-refractivity contribution in [3.63, 3.8) is 0 Å². The number of benzene rings is 1. The zero-order chi connectivity index (χ0) is 16.4. The Balaban J connectivity index is 2.37. The Bertz CT molecular complexity index is 459. The molecule has 0 aliphatic rings. The third kappa shape index (κ3) is 6.58. The third-order valence-corrected chi connectivity index (χ3v) is 3.47. The van der Waals surface area contributed by atoms with Crippen LogP contribution in [-0.2, 0) is 21.0 Å². The van der Waals surface area contributed by atoms with Gasteiger partial charge in [0.2, 0.25) is 0 Å². The quantitative estimate of drug-likeness (QED) is 0.685. The number of carboxylic acids is 1. The molecule has 1 rings (SSSR count). The van der Waals surface area contributed by atoms with E-state index in [1.807, 2.05) is 49.7 Å². The first-order chi connectivity index (χ1) is 10.6. The Kier molecular flexibility index (Phi) is 7.99. The van der Waals surface area contributed by atoms with Crippen LogP contribution in [0.1, 0.15) is 38.7 Å². The molecule has 0 aliphatic heterocycles. The monoisotopic (exact) mass is 309 g/mol. The van der Waals surface area contributed by atoms with E-state index in [1.54, 1.807) is 0 Å². The van der Waals surface area contributed by atoms with Gasteiger partial charge in [0.05, 0.1) is 0 Å². The highest BCUT2D eigenvalue weighted by Crippen LogP contribution is 2.16. The number of amides is 1. The van der Waals surface area contributed by atoms with E-state index in [0.29, 0.717) is 6.42 Å². The van der Waals surface area contributed by atoms with Gasteiger partial charge in [-0.3, -0.25) is 4.84 Å². The van der Waals surface area contributed by atoms with Gasteiger partial charge in [0.15, 0.2) is 6.10 Å². The number of hydroxylamine groups is 1. The summed E-state index contributed by atoms with van der Waals surface area (Å²) in [6, 6.07) is 9.18. The highest BCUT2D eigenvalue weighted by molar-refractivity contribution is 5.73. The zero-order valence-corrected chi connectivity index (χ0v) is 13.0. The fraction of sp³-hybridized carbons (Fsp3) is 0.500. The van der Waals surface area contributed by atoms with Gasteiger partial charge in [0.25, 0.3) is 0 Å². The molecule has 0 unspecified atom stereocenters. The number of ether oxygens (including phenoxy) is 1. The first-order valence-electron chi connectivity index (χ1n) is 7.41.